The number of rotatable bonds is 2. The molecule has 4 heterocycles. The Morgan fingerprint density at radius 3 is 2.24 bits per heavy atom. The lowest BCUT2D eigenvalue weighted by Gasteiger charge is -1.99. The second-order valence-electron chi connectivity index (χ2n) is 5.40. The zero-order valence-corrected chi connectivity index (χ0v) is 14.8. The van der Waals surface area contributed by atoms with Crippen LogP contribution in [0.15, 0.2) is 12.7 Å². The van der Waals surface area contributed by atoms with E-state index in [9.17, 15) is 0 Å². The third-order valence-corrected chi connectivity index (χ3v) is 3.80. The number of H-pyrrole nitrogens is 1. The van der Waals surface area contributed by atoms with Crippen LogP contribution in [0.5, 0.6) is 0 Å². The Labute approximate surface area is 144 Å². The van der Waals surface area contributed by atoms with Crippen LogP contribution >= 0.6 is 0 Å². The number of hydrogen-bond donors (Lipinski definition) is 3. The highest BCUT2D eigenvalue weighted by Crippen LogP contribution is 2.21. The summed E-state index contributed by atoms with van der Waals surface area (Å²) in [7, 11) is 5.55. The first kappa shape index (κ1) is 16.6. The van der Waals surface area contributed by atoms with Crippen LogP contribution in [0.3, 0.4) is 0 Å². The molecule has 25 heavy (non-hydrogen) atoms. The van der Waals surface area contributed by atoms with Crippen molar-refractivity contribution in [1.82, 2.24) is 39.9 Å². The number of fused-ring (bicyclic) bond motifs is 2. The summed E-state index contributed by atoms with van der Waals surface area (Å²) in [5, 5.41) is 19.1. The lowest BCUT2D eigenvalue weighted by Crippen LogP contribution is -1.96. The number of nitrogens with one attached hydrogen (secondary N) is 3. The molecule has 0 aromatic carbocycles. The molecule has 10 heteroatoms. The molecular weight excluding hydrogens is 320 g/mol. The fourth-order valence-corrected chi connectivity index (χ4v) is 2.66. The molecule has 0 atom stereocenters. The van der Waals surface area contributed by atoms with Gasteiger partial charge in [-0.05, 0) is 13.8 Å². The van der Waals surface area contributed by atoms with Gasteiger partial charge in [0.2, 0.25) is 0 Å². The van der Waals surface area contributed by atoms with E-state index in [0.29, 0.717) is 5.65 Å². The Balaban J connectivity index is 0.000000146. The van der Waals surface area contributed by atoms with Crippen LogP contribution in [0.25, 0.3) is 22.1 Å². The van der Waals surface area contributed by atoms with Gasteiger partial charge >= 0.3 is 0 Å². The number of aromatic amines is 1. The van der Waals surface area contributed by atoms with Gasteiger partial charge in [-0.1, -0.05) is 0 Å². The maximum Gasteiger partial charge on any atom is 0.186 e. The molecule has 0 bridgehead atoms. The second kappa shape index (κ2) is 6.67. The molecule has 130 valence electrons. The van der Waals surface area contributed by atoms with Crippen molar-refractivity contribution in [2.45, 2.75) is 13.8 Å². The van der Waals surface area contributed by atoms with E-state index in [1.165, 1.54) is 12.7 Å². The van der Waals surface area contributed by atoms with Crippen LogP contribution in [0.2, 0.25) is 0 Å². The van der Waals surface area contributed by atoms with E-state index >= 15 is 0 Å². The van der Waals surface area contributed by atoms with E-state index < -0.39 is 0 Å². The molecule has 0 saturated heterocycles. The third-order valence-electron chi connectivity index (χ3n) is 3.80. The fraction of sp³-hybridized carbons (Fsp3) is 0.333. The van der Waals surface area contributed by atoms with Gasteiger partial charge in [-0.3, -0.25) is 9.78 Å². The predicted molar refractivity (Wildman–Crippen MR) is 96.6 cm³/mol. The summed E-state index contributed by atoms with van der Waals surface area (Å²) in [6.07, 6.45) is 3.03. The molecule has 4 aromatic heterocycles. The number of anilines is 2. The Morgan fingerprint density at radius 2 is 1.56 bits per heavy atom. The first-order valence-corrected chi connectivity index (χ1v) is 7.72. The van der Waals surface area contributed by atoms with Crippen molar-refractivity contribution in [2.75, 3.05) is 24.7 Å². The maximum absolute atomic E-state index is 4.27. The minimum atomic E-state index is 0.701. The Hall–Kier alpha value is -3.30. The summed E-state index contributed by atoms with van der Waals surface area (Å²) in [4.78, 5) is 16.4. The molecule has 4 aromatic rings. The number of aryl methyl sites for hydroxylation is 3. The van der Waals surface area contributed by atoms with Gasteiger partial charge in [0.05, 0.1) is 16.5 Å². The average molecular weight is 340 g/mol. The monoisotopic (exact) mass is 340 g/mol. The van der Waals surface area contributed by atoms with E-state index in [1.54, 1.807) is 4.68 Å². The summed E-state index contributed by atoms with van der Waals surface area (Å²) < 4.78 is 1.76. The SMILES string of the molecule is CNc1ncnc2c1c(C)nn2C.CNc1ncnc2n[nH]c(C)c12. The normalized spacial score (nSPS) is 10.6. The molecule has 0 radical (unpaired) electrons. The minimum Gasteiger partial charge on any atom is -0.372 e. The van der Waals surface area contributed by atoms with Gasteiger partial charge in [-0.15, -0.1) is 0 Å². The summed E-state index contributed by atoms with van der Waals surface area (Å²) in [5.41, 5.74) is 3.49. The second-order valence-corrected chi connectivity index (χ2v) is 5.40. The third kappa shape index (κ3) is 2.93. The van der Waals surface area contributed by atoms with E-state index in [2.05, 4.69) is 45.9 Å². The molecule has 0 aliphatic carbocycles. The van der Waals surface area contributed by atoms with Gasteiger partial charge in [-0.2, -0.15) is 10.2 Å². The highest BCUT2D eigenvalue weighted by Gasteiger charge is 2.10. The van der Waals surface area contributed by atoms with E-state index in [-0.39, 0.29) is 0 Å². The van der Waals surface area contributed by atoms with Gasteiger partial charge in [0.25, 0.3) is 0 Å². The highest BCUT2D eigenvalue weighted by molar-refractivity contribution is 5.89. The number of nitrogens with zero attached hydrogens (tertiary/aromatic N) is 7. The molecule has 3 N–H and O–H groups in total. The molecule has 0 aliphatic heterocycles. The maximum atomic E-state index is 4.27. The fourth-order valence-electron chi connectivity index (χ4n) is 2.66. The van der Waals surface area contributed by atoms with Crippen molar-refractivity contribution in [3.05, 3.63) is 24.0 Å². The summed E-state index contributed by atoms with van der Waals surface area (Å²) in [5.74, 6) is 1.64. The van der Waals surface area contributed by atoms with Crippen LogP contribution in [0.4, 0.5) is 11.6 Å². The zero-order chi connectivity index (χ0) is 18.0. The van der Waals surface area contributed by atoms with Crippen molar-refractivity contribution in [1.29, 1.82) is 0 Å². The van der Waals surface area contributed by atoms with Gasteiger partial charge < -0.3 is 10.6 Å². The minimum absolute atomic E-state index is 0.701. The molecule has 0 amide bonds. The quantitative estimate of drug-likeness (QED) is 0.501. The van der Waals surface area contributed by atoms with Crippen molar-refractivity contribution >= 4 is 33.7 Å². The van der Waals surface area contributed by atoms with Crippen molar-refractivity contribution in [3.63, 3.8) is 0 Å². The molecule has 0 aliphatic rings. The Morgan fingerprint density at radius 1 is 0.920 bits per heavy atom. The van der Waals surface area contributed by atoms with Gasteiger partial charge in [-0.25, -0.2) is 19.9 Å². The predicted octanol–water partition coefficient (Wildman–Crippen LogP) is 1.42. The lowest BCUT2D eigenvalue weighted by atomic mass is 10.3. The van der Waals surface area contributed by atoms with E-state index in [1.807, 2.05) is 35.0 Å². The summed E-state index contributed by atoms with van der Waals surface area (Å²) in [6.45, 7) is 3.89. The van der Waals surface area contributed by atoms with Crippen LogP contribution in [0, 0.1) is 13.8 Å². The van der Waals surface area contributed by atoms with Gasteiger partial charge in [0.1, 0.15) is 24.3 Å². The van der Waals surface area contributed by atoms with Crippen molar-refractivity contribution in [2.24, 2.45) is 7.05 Å². The van der Waals surface area contributed by atoms with Crippen molar-refractivity contribution in [3.8, 4) is 0 Å². The van der Waals surface area contributed by atoms with E-state index in [4.69, 9.17) is 0 Å². The molecule has 0 spiro atoms. The molecule has 4 rings (SSSR count). The largest absolute Gasteiger partial charge is 0.372 e. The summed E-state index contributed by atoms with van der Waals surface area (Å²) in [6, 6.07) is 0. The smallest absolute Gasteiger partial charge is 0.186 e. The highest BCUT2D eigenvalue weighted by atomic mass is 15.3. The first-order chi connectivity index (χ1) is 12.1. The molecule has 0 fully saturated rings. The average Bonchev–Trinajstić information content (AvgIpc) is 3.16. The molecule has 0 unspecified atom stereocenters. The van der Waals surface area contributed by atoms with Crippen LogP contribution in [-0.4, -0.2) is 54.0 Å². The lowest BCUT2D eigenvalue weighted by molar-refractivity contribution is 0.773. The topological polar surface area (TPSA) is 122 Å². The van der Waals surface area contributed by atoms with Crippen LogP contribution in [0.1, 0.15) is 11.4 Å². The number of hydrogen-bond acceptors (Lipinski definition) is 8. The van der Waals surface area contributed by atoms with E-state index in [0.717, 1.165) is 39.4 Å². The molecule has 0 saturated carbocycles. The number of aromatic nitrogens is 8. The zero-order valence-electron chi connectivity index (χ0n) is 14.8. The Kier molecular flexibility index (Phi) is 4.42. The van der Waals surface area contributed by atoms with Crippen molar-refractivity contribution < 1.29 is 0 Å². The Bertz CT molecular complexity index is 1020. The van der Waals surface area contributed by atoms with Gasteiger partial charge in [0.15, 0.2) is 11.3 Å². The summed E-state index contributed by atoms with van der Waals surface area (Å²) >= 11 is 0. The standard InChI is InChI=1S/C8H11N5.C7H9N5/c1-5-6-7(9-2)10-4-11-8(6)13(3)12-5;1-4-5-6(8-2)9-3-10-7(5)12-11-4/h4H,1-3H3,(H,9,10,11);3H,1-2H3,(H2,8,9,10,11,12). The first-order valence-electron chi connectivity index (χ1n) is 7.72. The molecular formula is C15H20N10. The molecule has 10 nitrogen and oxygen atoms in total. The van der Waals surface area contributed by atoms with Gasteiger partial charge in [0, 0.05) is 26.8 Å². The van der Waals surface area contributed by atoms with Crippen LogP contribution in [-0.2, 0) is 7.05 Å². The van der Waals surface area contributed by atoms with Crippen LogP contribution < -0.4 is 10.6 Å².